The predicted octanol–water partition coefficient (Wildman–Crippen LogP) is 6.85. The summed E-state index contributed by atoms with van der Waals surface area (Å²) in [7, 11) is 0. The molecule has 2 rings (SSSR count). The fraction of sp³-hybridized carbons (Fsp3) is 0.429. The lowest BCUT2D eigenvalue weighted by Crippen LogP contribution is -2.03. The standard InChI is InChI=1S/C21H28O/c1-14(2)17-12-19(15(3)4)21(20(13-17)16(5)6)22-18-10-8-7-9-11-18/h7-16H,1-6H3. The van der Waals surface area contributed by atoms with Gasteiger partial charge < -0.3 is 4.74 Å². The SMILES string of the molecule is CC(C)c1cc(C(C)C)c(Oc2ccccc2)c(C(C)C)c1. The first-order valence-electron chi connectivity index (χ1n) is 8.30. The van der Waals surface area contributed by atoms with Crippen LogP contribution in [0.4, 0.5) is 0 Å². The Labute approximate surface area is 135 Å². The van der Waals surface area contributed by atoms with E-state index in [1.165, 1.54) is 16.7 Å². The van der Waals surface area contributed by atoms with Crippen LogP contribution in [0, 0.1) is 0 Å². The Hall–Kier alpha value is -1.76. The van der Waals surface area contributed by atoms with Crippen LogP contribution in [0.15, 0.2) is 42.5 Å². The first-order valence-corrected chi connectivity index (χ1v) is 8.30. The Bertz CT molecular complexity index is 580. The number of hydrogen-bond acceptors (Lipinski definition) is 1. The topological polar surface area (TPSA) is 9.23 Å². The van der Waals surface area contributed by atoms with Gasteiger partial charge in [0.05, 0.1) is 0 Å². The smallest absolute Gasteiger partial charge is 0.134 e. The predicted molar refractivity (Wildman–Crippen MR) is 95.2 cm³/mol. The van der Waals surface area contributed by atoms with E-state index in [1.807, 2.05) is 30.3 Å². The molecule has 0 aliphatic rings. The third-order valence-electron chi connectivity index (χ3n) is 4.04. The zero-order valence-electron chi connectivity index (χ0n) is 14.7. The van der Waals surface area contributed by atoms with Crippen LogP contribution in [0.5, 0.6) is 11.5 Å². The molecule has 1 heteroatoms. The highest BCUT2D eigenvalue weighted by atomic mass is 16.5. The van der Waals surface area contributed by atoms with E-state index in [1.54, 1.807) is 0 Å². The highest BCUT2D eigenvalue weighted by Crippen LogP contribution is 2.39. The zero-order chi connectivity index (χ0) is 16.3. The molecule has 118 valence electrons. The van der Waals surface area contributed by atoms with Crippen molar-refractivity contribution in [3.8, 4) is 11.5 Å². The van der Waals surface area contributed by atoms with E-state index in [0.29, 0.717) is 17.8 Å². The Morgan fingerprint density at radius 1 is 0.682 bits per heavy atom. The van der Waals surface area contributed by atoms with Crippen molar-refractivity contribution in [3.63, 3.8) is 0 Å². The van der Waals surface area contributed by atoms with Crippen molar-refractivity contribution in [1.82, 2.24) is 0 Å². The molecule has 0 fully saturated rings. The van der Waals surface area contributed by atoms with Crippen LogP contribution in [0.2, 0.25) is 0 Å². The summed E-state index contributed by atoms with van der Waals surface area (Å²) in [5.74, 6) is 3.36. The molecular weight excluding hydrogens is 268 g/mol. The average Bonchev–Trinajstić information content (AvgIpc) is 2.47. The third kappa shape index (κ3) is 3.71. The molecule has 0 saturated carbocycles. The molecule has 0 unspecified atom stereocenters. The zero-order valence-corrected chi connectivity index (χ0v) is 14.7. The minimum Gasteiger partial charge on any atom is -0.457 e. The highest BCUT2D eigenvalue weighted by Gasteiger charge is 2.18. The summed E-state index contributed by atoms with van der Waals surface area (Å²) in [6.45, 7) is 13.5. The van der Waals surface area contributed by atoms with E-state index in [9.17, 15) is 0 Å². The molecule has 0 aliphatic carbocycles. The van der Waals surface area contributed by atoms with Crippen molar-refractivity contribution < 1.29 is 4.74 Å². The summed E-state index contributed by atoms with van der Waals surface area (Å²) in [5, 5.41) is 0. The Morgan fingerprint density at radius 3 is 1.59 bits per heavy atom. The van der Waals surface area contributed by atoms with Gasteiger partial charge in [-0.15, -0.1) is 0 Å². The second kappa shape index (κ2) is 7.00. The molecule has 1 nitrogen and oxygen atoms in total. The number of para-hydroxylation sites is 1. The van der Waals surface area contributed by atoms with Crippen molar-refractivity contribution in [3.05, 3.63) is 59.2 Å². The molecular formula is C21H28O. The maximum Gasteiger partial charge on any atom is 0.134 e. The molecule has 2 aromatic carbocycles. The van der Waals surface area contributed by atoms with Crippen LogP contribution in [-0.2, 0) is 0 Å². The van der Waals surface area contributed by atoms with Gasteiger partial charge in [-0.25, -0.2) is 0 Å². The van der Waals surface area contributed by atoms with Gasteiger partial charge in [0, 0.05) is 0 Å². The second-order valence-electron chi connectivity index (χ2n) is 6.91. The fourth-order valence-electron chi connectivity index (χ4n) is 2.61. The molecule has 22 heavy (non-hydrogen) atoms. The van der Waals surface area contributed by atoms with Gasteiger partial charge in [-0.1, -0.05) is 71.9 Å². The average molecular weight is 296 g/mol. The van der Waals surface area contributed by atoms with Gasteiger partial charge in [-0.05, 0) is 46.6 Å². The number of ether oxygens (including phenoxy) is 1. The van der Waals surface area contributed by atoms with Crippen LogP contribution in [-0.4, -0.2) is 0 Å². The lowest BCUT2D eigenvalue weighted by Gasteiger charge is -2.22. The summed E-state index contributed by atoms with van der Waals surface area (Å²) in [6, 6.07) is 14.7. The molecule has 0 heterocycles. The van der Waals surface area contributed by atoms with Gasteiger partial charge in [0.15, 0.2) is 0 Å². The molecule has 0 N–H and O–H groups in total. The van der Waals surface area contributed by atoms with Gasteiger partial charge in [0.1, 0.15) is 11.5 Å². The highest BCUT2D eigenvalue weighted by molar-refractivity contribution is 5.50. The summed E-state index contributed by atoms with van der Waals surface area (Å²) in [4.78, 5) is 0. The van der Waals surface area contributed by atoms with Crippen LogP contribution in [0.25, 0.3) is 0 Å². The molecule has 2 aromatic rings. The van der Waals surface area contributed by atoms with Crippen LogP contribution < -0.4 is 4.74 Å². The van der Waals surface area contributed by atoms with Crippen molar-refractivity contribution in [2.75, 3.05) is 0 Å². The minimum atomic E-state index is 0.440. The molecule has 0 aromatic heterocycles. The Morgan fingerprint density at radius 2 is 1.18 bits per heavy atom. The molecule has 0 radical (unpaired) electrons. The largest absolute Gasteiger partial charge is 0.457 e. The van der Waals surface area contributed by atoms with Gasteiger partial charge in [0.2, 0.25) is 0 Å². The molecule has 0 bridgehead atoms. The number of hydrogen-bond donors (Lipinski definition) is 0. The Balaban J connectivity index is 2.58. The first kappa shape index (κ1) is 16.6. The second-order valence-corrected chi connectivity index (χ2v) is 6.91. The molecule has 0 amide bonds. The molecule has 0 atom stereocenters. The van der Waals surface area contributed by atoms with Crippen LogP contribution >= 0.6 is 0 Å². The maximum absolute atomic E-state index is 6.30. The molecule has 0 aliphatic heterocycles. The van der Waals surface area contributed by atoms with E-state index < -0.39 is 0 Å². The monoisotopic (exact) mass is 296 g/mol. The van der Waals surface area contributed by atoms with Crippen LogP contribution in [0.3, 0.4) is 0 Å². The summed E-state index contributed by atoms with van der Waals surface area (Å²) >= 11 is 0. The summed E-state index contributed by atoms with van der Waals surface area (Å²) in [5.41, 5.74) is 4.00. The Kier molecular flexibility index (Phi) is 5.28. The molecule has 0 spiro atoms. The first-order chi connectivity index (χ1) is 10.4. The van der Waals surface area contributed by atoms with E-state index in [0.717, 1.165) is 11.5 Å². The third-order valence-corrected chi connectivity index (χ3v) is 4.04. The summed E-state index contributed by atoms with van der Waals surface area (Å²) < 4.78 is 6.30. The van der Waals surface area contributed by atoms with Gasteiger partial charge in [0.25, 0.3) is 0 Å². The van der Waals surface area contributed by atoms with Crippen molar-refractivity contribution in [1.29, 1.82) is 0 Å². The van der Waals surface area contributed by atoms with Gasteiger partial charge >= 0.3 is 0 Å². The van der Waals surface area contributed by atoms with E-state index in [-0.39, 0.29) is 0 Å². The van der Waals surface area contributed by atoms with Crippen molar-refractivity contribution in [2.24, 2.45) is 0 Å². The lowest BCUT2D eigenvalue weighted by atomic mass is 9.88. The van der Waals surface area contributed by atoms with E-state index in [4.69, 9.17) is 4.74 Å². The lowest BCUT2D eigenvalue weighted by molar-refractivity contribution is 0.463. The van der Waals surface area contributed by atoms with E-state index in [2.05, 4.69) is 53.7 Å². The number of benzene rings is 2. The van der Waals surface area contributed by atoms with Gasteiger partial charge in [-0.2, -0.15) is 0 Å². The van der Waals surface area contributed by atoms with Crippen molar-refractivity contribution >= 4 is 0 Å². The normalized spacial score (nSPS) is 11.5. The quantitative estimate of drug-likeness (QED) is 0.586. The fourth-order valence-corrected chi connectivity index (χ4v) is 2.61. The maximum atomic E-state index is 6.30. The van der Waals surface area contributed by atoms with Crippen molar-refractivity contribution in [2.45, 2.75) is 59.3 Å². The summed E-state index contributed by atoms with van der Waals surface area (Å²) in [6.07, 6.45) is 0. The van der Waals surface area contributed by atoms with E-state index >= 15 is 0 Å². The van der Waals surface area contributed by atoms with Crippen LogP contribution in [0.1, 0.15) is 76.0 Å². The van der Waals surface area contributed by atoms with Gasteiger partial charge in [-0.3, -0.25) is 0 Å². The molecule has 0 saturated heterocycles. The number of rotatable bonds is 5. The minimum absolute atomic E-state index is 0.440.